The number of nitrogens with zero attached hydrogens (tertiary/aromatic N) is 2. The minimum absolute atomic E-state index is 0.149. The average molecular weight is 371 g/mol. The van der Waals surface area contributed by atoms with Crippen molar-refractivity contribution in [1.29, 1.82) is 5.26 Å². The van der Waals surface area contributed by atoms with Gasteiger partial charge in [0, 0.05) is 18.4 Å². The molecule has 0 amide bonds. The number of nitrogens with one attached hydrogen (secondary N) is 1. The van der Waals surface area contributed by atoms with Gasteiger partial charge in [-0.25, -0.2) is 4.79 Å². The van der Waals surface area contributed by atoms with Crippen molar-refractivity contribution in [2.75, 3.05) is 11.9 Å². The molecule has 0 aliphatic heterocycles. The Morgan fingerprint density at radius 2 is 2.08 bits per heavy atom. The van der Waals surface area contributed by atoms with Gasteiger partial charge < -0.3 is 10.1 Å². The van der Waals surface area contributed by atoms with Crippen LogP contribution in [-0.4, -0.2) is 17.1 Å². The monoisotopic (exact) mass is 371 g/mol. The number of carbonyl (C=O) groups excluding carboxylic acids is 1. The highest BCUT2D eigenvalue weighted by molar-refractivity contribution is 7.07. The third-order valence-electron chi connectivity index (χ3n) is 3.79. The predicted octanol–water partition coefficient (Wildman–Crippen LogP) is 1.58. The number of hydrogen-bond donors (Lipinski definition) is 1. The first-order valence-corrected chi connectivity index (χ1v) is 9.24. The summed E-state index contributed by atoms with van der Waals surface area (Å²) in [5, 5.41) is 12.5. The highest BCUT2D eigenvalue weighted by Gasteiger charge is 2.16. The first-order chi connectivity index (χ1) is 12.6. The minimum atomic E-state index is -0.714. The number of benzene rings is 1. The van der Waals surface area contributed by atoms with Crippen molar-refractivity contribution in [1.82, 2.24) is 4.57 Å². The Balaban J connectivity index is 2.59. The van der Waals surface area contributed by atoms with E-state index in [0.717, 1.165) is 29.0 Å². The topological polar surface area (TPSA) is 84.1 Å². The quantitative estimate of drug-likeness (QED) is 0.780. The van der Waals surface area contributed by atoms with Crippen LogP contribution in [0.1, 0.15) is 26.3 Å². The van der Waals surface area contributed by atoms with Crippen LogP contribution in [0.2, 0.25) is 0 Å². The zero-order chi connectivity index (χ0) is 19.1. The fraction of sp³-hybridized carbons (Fsp3) is 0.316. The molecule has 0 saturated heterocycles. The molecule has 0 atom stereocenters. The summed E-state index contributed by atoms with van der Waals surface area (Å²) >= 11 is 1.10. The van der Waals surface area contributed by atoms with Crippen LogP contribution in [0.5, 0.6) is 0 Å². The second kappa shape index (κ2) is 9.02. The minimum Gasteiger partial charge on any atom is -0.462 e. The number of thiazole rings is 1. The Hall–Kier alpha value is -2.85. The van der Waals surface area contributed by atoms with Gasteiger partial charge in [0.25, 0.3) is 5.56 Å². The van der Waals surface area contributed by atoms with Gasteiger partial charge in [0.1, 0.15) is 15.3 Å². The molecule has 0 aliphatic carbocycles. The molecule has 0 aliphatic rings. The van der Waals surface area contributed by atoms with Crippen LogP contribution in [0.4, 0.5) is 5.69 Å². The number of para-hydroxylation sites is 1. The Morgan fingerprint density at radius 3 is 2.69 bits per heavy atom. The molecule has 136 valence electrons. The predicted molar refractivity (Wildman–Crippen MR) is 103 cm³/mol. The van der Waals surface area contributed by atoms with E-state index in [1.54, 1.807) is 20.0 Å². The molecule has 0 saturated carbocycles. The van der Waals surface area contributed by atoms with Gasteiger partial charge in [-0.2, -0.15) is 5.26 Å². The van der Waals surface area contributed by atoms with Crippen LogP contribution < -0.4 is 20.1 Å². The van der Waals surface area contributed by atoms with E-state index in [4.69, 9.17) is 4.74 Å². The maximum atomic E-state index is 12.6. The lowest BCUT2D eigenvalue weighted by molar-refractivity contribution is -0.136. The van der Waals surface area contributed by atoms with Crippen LogP contribution in [0.15, 0.2) is 29.1 Å². The second-order valence-electron chi connectivity index (χ2n) is 5.33. The van der Waals surface area contributed by atoms with E-state index in [1.165, 1.54) is 4.57 Å². The molecule has 0 bridgehead atoms. The lowest BCUT2D eigenvalue weighted by Crippen LogP contribution is -2.32. The van der Waals surface area contributed by atoms with Crippen molar-refractivity contribution in [2.24, 2.45) is 0 Å². The molecule has 6 nitrogen and oxygen atoms in total. The zero-order valence-electron chi connectivity index (χ0n) is 15.0. The molecular formula is C19H21N3O3S. The van der Waals surface area contributed by atoms with Gasteiger partial charge in [-0.05, 0) is 31.9 Å². The number of hydrogen-bond acceptors (Lipinski definition) is 6. The molecule has 0 spiro atoms. The number of aryl methyl sites for hydroxylation is 1. The summed E-state index contributed by atoms with van der Waals surface area (Å²) in [4.78, 5) is 24.6. The van der Waals surface area contributed by atoms with Crippen molar-refractivity contribution in [3.05, 3.63) is 49.4 Å². The second-order valence-corrected chi connectivity index (χ2v) is 6.36. The van der Waals surface area contributed by atoms with Crippen LogP contribution in [0.3, 0.4) is 0 Å². The van der Waals surface area contributed by atoms with E-state index in [2.05, 4.69) is 12.2 Å². The number of carbonyl (C=O) groups is 1. The Labute approximate surface area is 155 Å². The molecule has 1 heterocycles. The van der Waals surface area contributed by atoms with Crippen LogP contribution in [-0.2, 0) is 22.5 Å². The third kappa shape index (κ3) is 4.03. The van der Waals surface area contributed by atoms with E-state index in [1.807, 2.05) is 30.3 Å². The van der Waals surface area contributed by atoms with Crippen molar-refractivity contribution >= 4 is 34.8 Å². The lowest BCUT2D eigenvalue weighted by atomic mass is 10.1. The van der Waals surface area contributed by atoms with Gasteiger partial charge >= 0.3 is 5.97 Å². The molecule has 7 heteroatoms. The van der Waals surface area contributed by atoms with Crippen LogP contribution >= 0.6 is 11.3 Å². The highest BCUT2D eigenvalue weighted by atomic mass is 32.1. The Bertz CT molecular complexity index is 1010. The Kier molecular flexibility index (Phi) is 6.75. The molecule has 26 heavy (non-hydrogen) atoms. The largest absolute Gasteiger partial charge is 0.462 e. The van der Waals surface area contributed by atoms with Gasteiger partial charge in [0.15, 0.2) is 5.57 Å². The van der Waals surface area contributed by atoms with E-state index < -0.39 is 5.97 Å². The van der Waals surface area contributed by atoms with Crippen molar-refractivity contribution in [3.8, 4) is 6.07 Å². The molecule has 1 aromatic heterocycles. The number of ether oxygens (including phenoxy) is 1. The van der Waals surface area contributed by atoms with Gasteiger partial charge in [-0.3, -0.25) is 9.36 Å². The zero-order valence-corrected chi connectivity index (χ0v) is 15.9. The van der Waals surface area contributed by atoms with Crippen molar-refractivity contribution in [3.63, 3.8) is 0 Å². The summed E-state index contributed by atoms with van der Waals surface area (Å²) < 4.78 is 7.08. The number of rotatable bonds is 6. The van der Waals surface area contributed by atoms with E-state index in [-0.39, 0.29) is 17.7 Å². The summed E-state index contributed by atoms with van der Waals surface area (Å²) in [6.07, 6.45) is 2.48. The first-order valence-electron chi connectivity index (χ1n) is 8.43. The fourth-order valence-corrected chi connectivity index (χ4v) is 3.57. The number of esters is 1. The van der Waals surface area contributed by atoms with E-state index >= 15 is 0 Å². The SMILES string of the molecule is CCOC(=O)C(C#N)=c1s/c(=C/Nc2ccccc2CC)c(=O)n1CC. The molecule has 1 aromatic carbocycles. The maximum absolute atomic E-state index is 12.6. The smallest absolute Gasteiger partial charge is 0.351 e. The molecule has 1 N–H and O–H groups in total. The van der Waals surface area contributed by atoms with Gasteiger partial charge in [-0.1, -0.05) is 25.1 Å². The maximum Gasteiger partial charge on any atom is 0.351 e. The summed E-state index contributed by atoms with van der Waals surface area (Å²) in [5.74, 6) is -0.714. The Morgan fingerprint density at radius 1 is 1.35 bits per heavy atom. The van der Waals surface area contributed by atoms with Crippen molar-refractivity contribution in [2.45, 2.75) is 33.7 Å². The molecule has 2 aromatic rings. The van der Waals surface area contributed by atoms with Crippen LogP contribution in [0.25, 0.3) is 11.8 Å². The standard InChI is InChI=1S/C19H21N3O3S/c1-4-13-9-7-8-10-15(13)21-12-16-17(23)22(5-2)18(26-16)14(11-20)19(24)25-6-3/h7-10,12,21H,4-6H2,1-3H3/b16-12+,18-14?. The lowest BCUT2D eigenvalue weighted by Gasteiger charge is -2.05. The molecule has 2 rings (SSSR count). The third-order valence-corrected chi connectivity index (χ3v) is 4.92. The number of aromatic nitrogens is 1. The first kappa shape index (κ1) is 19.5. The molecular weight excluding hydrogens is 350 g/mol. The number of nitriles is 1. The van der Waals surface area contributed by atoms with E-state index in [9.17, 15) is 14.9 Å². The number of anilines is 1. The molecule has 0 fully saturated rings. The summed E-state index contributed by atoms with van der Waals surface area (Å²) in [7, 11) is 0. The highest BCUT2D eigenvalue weighted by Crippen LogP contribution is 2.15. The van der Waals surface area contributed by atoms with Gasteiger partial charge in [0.05, 0.1) is 6.61 Å². The van der Waals surface area contributed by atoms with Crippen molar-refractivity contribution < 1.29 is 9.53 Å². The summed E-state index contributed by atoms with van der Waals surface area (Å²) in [6, 6.07) is 9.71. The van der Waals surface area contributed by atoms with Gasteiger partial charge in [0.2, 0.25) is 0 Å². The molecule has 0 radical (unpaired) electrons. The summed E-state index contributed by atoms with van der Waals surface area (Å²) in [6.45, 7) is 6.04. The molecule has 0 unspecified atom stereocenters. The van der Waals surface area contributed by atoms with E-state index in [0.29, 0.717) is 15.7 Å². The average Bonchev–Trinajstić information content (AvgIpc) is 2.96. The summed E-state index contributed by atoms with van der Waals surface area (Å²) in [5.41, 5.74) is 1.66. The fourth-order valence-electron chi connectivity index (χ4n) is 2.49. The van der Waals surface area contributed by atoms with Crippen LogP contribution in [0, 0.1) is 11.3 Å². The van der Waals surface area contributed by atoms with Gasteiger partial charge in [-0.15, -0.1) is 11.3 Å². The normalized spacial score (nSPS) is 12.5.